The van der Waals surface area contributed by atoms with E-state index in [-0.39, 0.29) is 11.7 Å². The van der Waals surface area contributed by atoms with E-state index >= 15 is 0 Å². The van der Waals surface area contributed by atoms with Crippen molar-refractivity contribution in [1.82, 2.24) is 0 Å². The Morgan fingerprint density at radius 1 is 1.09 bits per heavy atom. The van der Waals surface area contributed by atoms with E-state index in [1.165, 1.54) is 6.08 Å². The van der Waals surface area contributed by atoms with E-state index in [0.29, 0.717) is 41.9 Å². The summed E-state index contributed by atoms with van der Waals surface area (Å²) in [6.45, 7) is 1.96. The molecule has 0 unspecified atom stereocenters. The fourth-order valence-corrected chi connectivity index (χ4v) is 3.75. The van der Waals surface area contributed by atoms with Crippen LogP contribution in [0.25, 0.3) is 0 Å². The molecule has 0 spiro atoms. The van der Waals surface area contributed by atoms with Crippen LogP contribution in [0.15, 0.2) is 83.4 Å². The highest BCUT2D eigenvalue weighted by Gasteiger charge is 2.20. The van der Waals surface area contributed by atoms with Crippen LogP contribution in [0.3, 0.4) is 0 Å². The highest BCUT2D eigenvalue weighted by molar-refractivity contribution is 9.10. The minimum absolute atomic E-state index is 0.0386. The summed E-state index contributed by atoms with van der Waals surface area (Å²) in [6, 6.07) is 19.4. The summed E-state index contributed by atoms with van der Waals surface area (Å²) in [7, 11) is 0. The molecule has 0 aliphatic carbocycles. The van der Waals surface area contributed by atoms with E-state index in [1.807, 2.05) is 19.1 Å². The van der Waals surface area contributed by atoms with Crippen molar-refractivity contribution in [2.75, 3.05) is 16.4 Å². The van der Waals surface area contributed by atoms with Crippen LogP contribution in [0.1, 0.15) is 36.5 Å². The van der Waals surface area contributed by atoms with Gasteiger partial charge in [0, 0.05) is 15.7 Å². The SMILES string of the molecule is Cc1ccc(NC(=O)O[C@@H](CCC/C=C/C(=O)Nc2ccccc2N)c2cc(Br)ccc2O)cc1. The summed E-state index contributed by atoms with van der Waals surface area (Å²) in [5.74, 6) is -0.241. The summed E-state index contributed by atoms with van der Waals surface area (Å²) in [4.78, 5) is 24.7. The number of para-hydroxylation sites is 2. The third-order valence-electron chi connectivity index (χ3n) is 5.21. The maximum absolute atomic E-state index is 12.6. The number of halogens is 1. The minimum atomic E-state index is -0.677. The Kier molecular flexibility index (Phi) is 9.31. The van der Waals surface area contributed by atoms with Crippen LogP contribution in [0.5, 0.6) is 5.75 Å². The molecule has 3 rings (SSSR count). The topological polar surface area (TPSA) is 114 Å². The van der Waals surface area contributed by atoms with Crippen LogP contribution in [-0.4, -0.2) is 17.1 Å². The third kappa shape index (κ3) is 8.19. The second-order valence-electron chi connectivity index (χ2n) is 8.00. The van der Waals surface area contributed by atoms with Gasteiger partial charge in [-0.15, -0.1) is 0 Å². The van der Waals surface area contributed by atoms with Crippen molar-refractivity contribution in [3.8, 4) is 5.75 Å². The van der Waals surface area contributed by atoms with Gasteiger partial charge in [0.2, 0.25) is 5.91 Å². The summed E-state index contributed by atoms with van der Waals surface area (Å²) in [5, 5.41) is 15.8. The number of nitrogens with one attached hydrogen (secondary N) is 2. The molecule has 0 bridgehead atoms. The lowest BCUT2D eigenvalue weighted by atomic mass is 10.0. The number of allylic oxidation sites excluding steroid dienone is 1. The number of carbonyl (C=O) groups excluding carboxylic acids is 2. The lowest BCUT2D eigenvalue weighted by molar-refractivity contribution is -0.111. The zero-order chi connectivity index (χ0) is 25.2. The highest BCUT2D eigenvalue weighted by atomic mass is 79.9. The van der Waals surface area contributed by atoms with Crippen LogP contribution in [0.4, 0.5) is 21.9 Å². The summed E-state index contributed by atoms with van der Waals surface area (Å²) in [6.07, 6.45) is 3.54. The number of amides is 2. The number of phenolic OH excluding ortho intramolecular Hbond substituents is 1. The zero-order valence-electron chi connectivity index (χ0n) is 19.3. The number of nitrogen functional groups attached to an aromatic ring is 1. The maximum atomic E-state index is 12.6. The molecule has 1 atom stereocenters. The van der Waals surface area contributed by atoms with Crippen LogP contribution < -0.4 is 16.4 Å². The van der Waals surface area contributed by atoms with Gasteiger partial charge in [0.1, 0.15) is 11.9 Å². The number of rotatable bonds is 9. The Balaban J connectivity index is 1.59. The van der Waals surface area contributed by atoms with Crippen molar-refractivity contribution in [1.29, 1.82) is 0 Å². The van der Waals surface area contributed by atoms with E-state index < -0.39 is 12.2 Å². The van der Waals surface area contributed by atoms with Crippen molar-refractivity contribution in [2.45, 2.75) is 32.3 Å². The van der Waals surface area contributed by atoms with Crippen LogP contribution in [0, 0.1) is 6.92 Å². The number of carbonyl (C=O) groups is 2. The molecule has 5 N–H and O–H groups in total. The molecule has 3 aromatic carbocycles. The average Bonchev–Trinajstić information content (AvgIpc) is 2.82. The third-order valence-corrected chi connectivity index (χ3v) is 5.70. The van der Waals surface area contributed by atoms with Gasteiger partial charge >= 0.3 is 6.09 Å². The second-order valence-corrected chi connectivity index (χ2v) is 8.91. The molecule has 182 valence electrons. The fourth-order valence-electron chi connectivity index (χ4n) is 3.37. The molecule has 0 aromatic heterocycles. The van der Waals surface area contributed by atoms with Gasteiger partial charge in [-0.2, -0.15) is 0 Å². The number of nitrogens with two attached hydrogens (primary N) is 1. The van der Waals surface area contributed by atoms with Gasteiger partial charge in [0.15, 0.2) is 0 Å². The first-order valence-electron chi connectivity index (χ1n) is 11.2. The monoisotopic (exact) mass is 537 g/mol. The van der Waals surface area contributed by atoms with E-state index in [4.69, 9.17) is 10.5 Å². The van der Waals surface area contributed by atoms with Crippen LogP contribution in [-0.2, 0) is 9.53 Å². The molecule has 8 heteroatoms. The second kappa shape index (κ2) is 12.6. The van der Waals surface area contributed by atoms with Gasteiger partial charge in [0.05, 0.1) is 11.4 Å². The number of aromatic hydroxyl groups is 1. The van der Waals surface area contributed by atoms with E-state index in [0.717, 1.165) is 10.0 Å². The summed E-state index contributed by atoms with van der Waals surface area (Å²) < 4.78 is 6.44. The first-order valence-corrected chi connectivity index (χ1v) is 12.0. The Bertz CT molecular complexity index is 1200. The molecule has 0 heterocycles. The predicted octanol–water partition coefficient (Wildman–Crippen LogP) is 6.70. The molecule has 3 aromatic rings. The maximum Gasteiger partial charge on any atom is 0.412 e. The van der Waals surface area contributed by atoms with Crippen LogP contribution >= 0.6 is 15.9 Å². The predicted molar refractivity (Wildman–Crippen MR) is 142 cm³/mol. The quantitative estimate of drug-likeness (QED) is 0.138. The van der Waals surface area contributed by atoms with Crippen LogP contribution in [0.2, 0.25) is 0 Å². The fraction of sp³-hybridized carbons (Fsp3) is 0.185. The van der Waals surface area contributed by atoms with Crippen molar-refractivity contribution in [3.05, 3.63) is 94.5 Å². The number of phenols is 1. The van der Waals surface area contributed by atoms with Crippen molar-refractivity contribution < 1.29 is 19.4 Å². The normalized spacial score (nSPS) is 11.7. The van der Waals surface area contributed by atoms with Gasteiger partial charge < -0.3 is 20.9 Å². The molecule has 7 nitrogen and oxygen atoms in total. The standard InChI is InChI=1S/C27H28BrN3O4/c1-18-11-14-20(15-12-18)30-27(34)35-25(21-17-19(28)13-16-24(21)32)9-3-2-4-10-26(33)31-23-8-6-5-7-22(23)29/h4-8,10-17,25,32H,2-3,9,29H2,1H3,(H,30,34)(H,31,33)/b10-4+/t25-/m0/s1. The van der Waals surface area contributed by atoms with Crippen molar-refractivity contribution >= 4 is 45.0 Å². The number of hydrogen-bond donors (Lipinski definition) is 4. The highest BCUT2D eigenvalue weighted by Crippen LogP contribution is 2.33. The van der Waals surface area contributed by atoms with Gasteiger partial charge in [-0.05, 0) is 74.7 Å². The van der Waals surface area contributed by atoms with Gasteiger partial charge in [-0.3, -0.25) is 10.1 Å². The Morgan fingerprint density at radius 2 is 1.83 bits per heavy atom. The van der Waals surface area contributed by atoms with Crippen molar-refractivity contribution in [3.63, 3.8) is 0 Å². The molecule has 35 heavy (non-hydrogen) atoms. The van der Waals surface area contributed by atoms with Crippen molar-refractivity contribution in [2.24, 2.45) is 0 Å². The Labute approximate surface area is 213 Å². The van der Waals surface area contributed by atoms with E-state index in [2.05, 4.69) is 26.6 Å². The molecular formula is C27H28BrN3O4. The lowest BCUT2D eigenvalue weighted by Crippen LogP contribution is -2.18. The molecule has 0 fully saturated rings. The van der Waals surface area contributed by atoms with E-state index in [9.17, 15) is 14.7 Å². The molecular weight excluding hydrogens is 510 g/mol. The molecule has 0 saturated heterocycles. The first kappa shape index (κ1) is 25.8. The van der Waals surface area contributed by atoms with Gasteiger partial charge in [-0.25, -0.2) is 4.79 Å². The minimum Gasteiger partial charge on any atom is -0.508 e. The molecule has 0 aliphatic heterocycles. The first-order chi connectivity index (χ1) is 16.8. The van der Waals surface area contributed by atoms with Gasteiger partial charge in [0.25, 0.3) is 0 Å². The molecule has 2 amide bonds. The largest absolute Gasteiger partial charge is 0.508 e. The number of hydrogen-bond acceptors (Lipinski definition) is 5. The lowest BCUT2D eigenvalue weighted by Gasteiger charge is -2.20. The van der Waals surface area contributed by atoms with Gasteiger partial charge in [-0.1, -0.05) is 51.8 Å². The smallest absolute Gasteiger partial charge is 0.412 e. The summed E-state index contributed by atoms with van der Waals surface area (Å²) in [5.41, 5.74) is 9.09. The number of benzene rings is 3. The Morgan fingerprint density at radius 3 is 2.57 bits per heavy atom. The number of anilines is 3. The Hall–Kier alpha value is -3.78. The molecule has 0 aliphatic rings. The number of aryl methyl sites for hydroxylation is 1. The summed E-state index contributed by atoms with van der Waals surface area (Å²) >= 11 is 3.40. The average molecular weight is 538 g/mol. The number of unbranched alkanes of at least 4 members (excludes halogenated alkanes) is 1. The van der Waals surface area contributed by atoms with E-state index in [1.54, 1.807) is 60.7 Å². The molecule has 0 radical (unpaired) electrons. The zero-order valence-corrected chi connectivity index (χ0v) is 20.9. The number of ether oxygens (including phenoxy) is 1. The molecule has 0 saturated carbocycles.